The molecule has 2 aromatic carbocycles. The van der Waals surface area contributed by atoms with E-state index >= 15 is 0 Å². The van der Waals surface area contributed by atoms with Crippen LogP contribution in [0.25, 0.3) is 0 Å². The highest BCUT2D eigenvalue weighted by Crippen LogP contribution is 2.39. The summed E-state index contributed by atoms with van der Waals surface area (Å²) in [6, 6.07) is 12.2. The van der Waals surface area contributed by atoms with Crippen LogP contribution < -0.4 is 0 Å². The highest BCUT2D eigenvalue weighted by atomic mass is 35.5. The van der Waals surface area contributed by atoms with Crippen molar-refractivity contribution in [2.24, 2.45) is 0 Å². The van der Waals surface area contributed by atoms with E-state index < -0.39 is 5.60 Å². The van der Waals surface area contributed by atoms with Crippen LogP contribution in [0.3, 0.4) is 0 Å². The van der Waals surface area contributed by atoms with Crippen LogP contribution >= 0.6 is 11.6 Å². The number of hydrogen-bond donors (Lipinski definition) is 1. The predicted molar refractivity (Wildman–Crippen MR) is 78.4 cm³/mol. The Hall–Kier alpha value is -1.38. The van der Waals surface area contributed by atoms with Crippen LogP contribution in [0.4, 0.5) is 4.39 Å². The third-order valence-corrected chi connectivity index (χ3v) is 4.41. The quantitative estimate of drug-likeness (QED) is 0.877. The summed E-state index contributed by atoms with van der Waals surface area (Å²) >= 11 is 6.13. The Morgan fingerprint density at radius 2 is 2.00 bits per heavy atom. The Kier molecular flexibility index (Phi) is 3.53. The minimum absolute atomic E-state index is 0.322. The molecule has 1 N–H and O–H groups in total. The number of aryl methyl sites for hydroxylation is 1. The summed E-state index contributed by atoms with van der Waals surface area (Å²) in [6.45, 7) is 0. The summed E-state index contributed by atoms with van der Waals surface area (Å²) in [7, 11) is 0. The number of fused-ring (bicyclic) bond motifs is 1. The second-order valence-corrected chi connectivity index (χ2v) is 5.86. The largest absolute Gasteiger partial charge is 0.385 e. The number of aliphatic hydroxyl groups is 1. The van der Waals surface area contributed by atoms with Crippen molar-refractivity contribution in [2.45, 2.75) is 31.3 Å². The lowest BCUT2D eigenvalue weighted by molar-refractivity contribution is 0.0190. The minimum atomic E-state index is -0.952. The third-order valence-electron chi connectivity index (χ3n) is 4.05. The van der Waals surface area contributed by atoms with Gasteiger partial charge in [0.1, 0.15) is 5.82 Å². The molecule has 1 unspecified atom stereocenters. The number of hydrogen-bond acceptors (Lipinski definition) is 1. The Morgan fingerprint density at radius 1 is 1.20 bits per heavy atom. The van der Waals surface area contributed by atoms with Crippen molar-refractivity contribution in [3.63, 3.8) is 0 Å². The highest BCUT2D eigenvalue weighted by Gasteiger charge is 2.34. The lowest BCUT2D eigenvalue weighted by Gasteiger charge is -2.35. The van der Waals surface area contributed by atoms with E-state index in [9.17, 15) is 9.50 Å². The molecule has 0 saturated carbocycles. The standard InChI is InChI=1S/C17H16ClFO/c18-16-8-7-14(19)10-13(16)11-17(20)9-3-5-12-4-1-2-6-15(12)17/h1-2,4,6-8,10,20H,3,5,9,11H2. The Bertz CT molecular complexity index is 641. The molecule has 2 aromatic rings. The van der Waals surface area contributed by atoms with Gasteiger partial charge in [0.2, 0.25) is 0 Å². The molecule has 3 rings (SSSR count). The summed E-state index contributed by atoms with van der Waals surface area (Å²) < 4.78 is 13.4. The molecule has 0 aliphatic heterocycles. The lowest BCUT2D eigenvalue weighted by Crippen LogP contribution is -2.33. The van der Waals surface area contributed by atoms with Crippen molar-refractivity contribution >= 4 is 11.6 Å². The molecule has 20 heavy (non-hydrogen) atoms. The molecule has 0 amide bonds. The molecule has 0 bridgehead atoms. The lowest BCUT2D eigenvalue weighted by atomic mass is 9.76. The van der Waals surface area contributed by atoms with E-state index in [4.69, 9.17) is 11.6 Å². The maximum absolute atomic E-state index is 13.4. The molecular formula is C17H16ClFO. The molecule has 1 nitrogen and oxygen atoms in total. The average Bonchev–Trinajstić information content (AvgIpc) is 2.43. The molecule has 1 aliphatic carbocycles. The predicted octanol–water partition coefficient (Wildman–Crippen LogP) is 4.25. The summed E-state index contributed by atoms with van der Waals surface area (Å²) in [5.74, 6) is -0.322. The van der Waals surface area contributed by atoms with Gasteiger partial charge in [-0.2, -0.15) is 0 Å². The van der Waals surface area contributed by atoms with Crippen LogP contribution in [0.15, 0.2) is 42.5 Å². The number of halogens is 2. The van der Waals surface area contributed by atoms with E-state index in [2.05, 4.69) is 0 Å². The van der Waals surface area contributed by atoms with Crippen molar-refractivity contribution in [3.05, 3.63) is 70.0 Å². The van der Waals surface area contributed by atoms with Crippen molar-refractivity contribution < 1.29 is 9.50 Å². The molecule has 0 saturated heterocycles. The van der Waals surface area contributed by atoms with Gasteiger partial charge in [0.05, 0.1) is 5.60 Å². The van der Waals surface area contributed by atoms with Crippen LogP contribution in [-0.2, 0) is 18.4 Å². The SMILES string of the molecule is OC1(Cc2cc(F)ccc2Cl)CCCc2ccccc21. The van der Waals surface area contributed by atoms with Gasteiger partial charge in [-0.15, -0.1) is 0 Å². The Balaban J connectivity index is 2.00. The topological polar surface area (TPSA) is 20.2 Å². The van der Waals surface area contributed by atoms with Gasteiger partial charge in [-0.05, 0) is 54.2 Å². The zero-order chi connectivity index (χ0) is 14.2. The number of rotatable bonds is 2. The maximum Gasteiger partial charge on any atom is 0.123 e. The summed E-state index contributed by atoms with van der Waals surface area (Å²) in [6.07, 6.45) is 2.94. The van der Waals surface area contributed by atoms with E-state index in [1.165, 1.54) is 17.7 Å². The van der Waals surface area contributed by atoms with Gasteiger partial charge in [0.25, 0.3) is 0 Å². The molecule has 104 valence electrons. The normalized spacial score (nSPS) is 21.6. The first-order valence-electron chi connectivity index (χ1n) is 6.83. The summed E-state index contributed by atoms with van der Waals surface area (Å²) in [4.78, 5) is 0. The van der Waals surface area contributed by atoms with Crippen molar-refractivity contribution in [1.82, 2.24) is 0 Å². The molecule has 3 heteroatoms. The van der Waals surface area contributed by atoms with Crippen LogP contribution in [0.2, 0.25) is 5.02 Å². The fourth-order valence-corrected chi connectivity index (χ4v) is 3.26. The molecule has 0 spiro atoms. The van der Waals surface area contributed by atoms with Gasteiger partial charge >= 0.3 is 0 Å². The second kappa shape index (κ2) is 5.19. The first kappa shape index (κ1) is 13.6. The second-order valence-electron chi connectivity index (χ2n) is 5.45. The van der Waals surface area contributed by atoms with Gasteiger partial charge < -0.3 is 5.11 Å². The molecule has 0 fully saturated rings. The highest BCUT2D eigenvalue weighted by molar-refractivity contribution is 6.31. The molecule has 0 heterocycles. The fourth-order valence-electron chi connectivity index (χ4n) is 3.08. The van der Waals surface area contributed by atoms with E-state index in [0.717, 1.165) is 18.4 Å². The van der Waals surface area contributed by atoms with Crippen molar-refractivity contribution in [2.75, 3.05) is 0 Å². The molecular weight excluding hydrogens is 275 g/mol. The zero-order valence-electron chi connectivity index (χ0n) is 11.1. The van der Waals surface area contributed by atoms with Crippen LogP contribution in [0, 0.1) is 5.82 Å². The first-order valence-corrected chi connectivity index (χ1v) is 7.21. The number of benzene rings is 2. The zero-order valence-corrected chi connectivity index (χ0v) is 11.8. The van der Waals surface area contributed by atoms with Gasteiger partial charge in [-0.25, -0.2) is 4.39 Å². The van der Waals surface area contributed by atoms with E-state index in [0.29, 0.717) is 23.4 Å². The Labute approximate surface area is 123 Å². The van der Waals surface area contributed by atoms with Gasteiger partial charge in [-0.3, -0.25) is 0 Å². The Morgan fingerprint density at radius 3 is 2.85 bits per heavy atom. The van der Waals surface area contributed by atoms with E-state index in [-0.39, 0.29) is 5.82 Å². The third kappa shape index (κ3) is 2.46. The molecule has 0 aromatic heterocycles. The average molecular weight is 291 g/mol. The van der Waals surface area contributed by atoms with E-state index in [1.54, 1.807) is 6.07 Å². The molecule has 1 aliphatic rings. The molecule has 0 radical (unpaired) electrons. The minimum Gasteiger partial charge on any atom is -0.385 e. The van der Waals surface area contributed by atoms with Crippen LogP contribution in [0.5, 0.6) is 0 Å². The van der Waals surface area contributed by atoms with Gasteiger partial charge in [0, 0.05) is 11.4 Å². The van der Waals surface area contributed by atoms with Crippen molar-refractivity contribution in [1.29, 1.82) is 0 Å². The summed E-state index contributed by atoms with van der Waals surface area (Å²) in [5.41, 5.74) is 1.83. The summed E-state index contributed by atoms with van der Waals surface area (Å²) in [5, 5.41) is 11.5. The maximum atomic E-state index is 13.4. The van der Waals surface area contributed by atoms with Gasteiger partial charge in [-0.1, -0.05) is 35.9 Å². The molecule has 1 atom stereocenters. The van der Waals surface area contributed by atoms with E-state index in [1.807, 2.05) is 24.3 Å². The van der Waals surface area contributed by atoms with Gasteiger partial charge in [0.15, 0.2) is 0 Å². The van der Waals surface area contributed by atoms with Crippen LogP contribution in [0.1, 0.15) is 29.5 Å². The van der Waals surface area contributed by atoms with Crippen molar-refractivity contribution in [3.8, 4) is 0 Å². The first-order chi connectivity index (χ1) is 9.58. The fraction of sp³-hybridized carbons (Fsp3) is 0.294. The smallest absolute Gasteiger partial charge is 0.123 e. The monoisotopic (exact) mass is 290 g/mol. The van der Waals surface area contributed by atoms with Crippen LogP contribution in [-0.4, -0.2) is 5.11 Å².